The number of rotatable bonds is 0. The highest BCUT2D eigenvalue weighted by atomic mass is 15.0. The van der Waals surface area contributed by atoms with E-state index in [0.29, 0.717) is 0 Å². The molecule has 0 fully saturated rings. The minimum absolute atomic E-state index is 0.0459. The molecule has 0 atom stereocenters. The van der Waals surface area contributed by atoms with Crippen LogP contribution < -0.4 is 10.6 Å². The van der Waals surface area contributed by atoms with Crippen molar-refractivity contribution in [3.8, 4) is 0 Å². The molecule has 0 aliphatic carbocycles. The number of nitrogens with one attached hydrogen (secondary N) is 2. The summed E-state index contributed by atoms with van der Waals surface area (Å²) in [7, 11) is 0. The molecule has 0 saturated heterocycles. The molecule has 3 nitrogen and oxygen atoms in total. The molecule has 116 valence electrons. The number of anilines is 4. The summed E-state index contributed by atoms with van der Waals surface area (Å²) in [5.74, 6) is 0. The molecule has 0 unspecified atom stereocenters. The van der Waals surface area contributed by atoms with Gasteiger partial charge < -0.3 is 10.6 Å². The second-order valence-electron chi connectivity index (χ2n) is 8.13. The van der Waals surface area contributed by atoms with Gasteiger partial charge in [-0.15, -0.1) is 0 Å². The van der Waals surface area contributed by atoms with Crippen LogP contribution in [0.5, 0.6) is 0 Å². The van der Waals surface area contributed by atoms with E-state index >= 15 is 0 Å². The topological polar surface area (TPSA) is 37.0 Å². The number of benzene rings is 1. The lowest BCUT2D eigenvalue weighted by molar-refractivity contribution is 0.569. The zero-order valence-electron chi connectivity index (χ0n) is 14.3. The van der Waals surface area contributed by atoms with Crippen LogP contribution in [0.15, 0.2) is 30.5 Å². The predicted molar refractivity (Wildman–Crippen MR) is 94.6 cm³/mol. The van der Waals surface area contributed by atoms with Gasteiger partial charge in [0.2, 0.25) is 0 Å². The van der Waals surface area contributed by atoms with Crippen molar-refractivity contribution in [1.82, 2.24) is 4.98 Å². The Kier molecular flexibility index (Phi) is 3.20. The van der Waals surface area contributed by atoms with Crippen LogP contribution in [0.1, 0.15) is 52.8 Å². The first-order valence-electron chi connectivity index (χ1n) is 7.84. The molecule has 0 spiro atoms. The van der Waals surface area contributed by atoms with Crippen molar-refractivity contribution in [2.45, 2.75) is 52.4 Å². The van der Waals surface area contributed by atoms with Crippen LogP contribution in [-0.4, -0.2) is 4.98 Å². The molecular weight excluding hydrogens is 270 g/mol. The summed E-state index contributed by atoms with van der Waals surface area (Å²) in [6, 6.07) is 8.72. The van der Waals surface area contributed by atoms with Gasteiger partial charge in [-0.05, 0) is 29.2 Å². The fourth-order valence-electron chi connectivity index (χ4n) is 2.58. The van der Waals surface area contributed by atoms with E-state index in [2.05, 4.69) is 81.4 Å². The van der Waals surface area contributed by atoms with Gasteiger partial charge in [0.25, 0.3) is 0 Å². The van der Waals surface area contributed by atoms with Crippen molar-refractivity contribution in [2.75, 3.05) is 10.6 Å². The molecular formula is C19H25N3. The zero-order valence-corrected chi connectivity index (χ0v) is 14.3. The SMILES string of the molecule is CC(C)(C)c1ccc2c(c1)Nc1cc(C(C)(C)C)ncc1N2. The maximum atomic E-state index is 4.59. The Balaban J connectivity index is 2.00. The lowest BCUT2D eigenvalue weighted by Crippen LogP contribution is -2.16. The highest BCUT2D eigenvalue weighted by Crippen LogP contribution is 2.41. The molecule has 0 bridgehead atoms. The maximum Gasteiger partial charge on any atom is 0.0810 e. The Morgan fingerprint density at radius 1 is 0.727 bits per heavy atom. The fourth-order valence-corrected chi connectivity index (χ4v) is 2.58. The zero-order chi connectivity index (χ0) is 16.1. The Hall–Kier alpha value is -2.03. The standard InChI is InChI=1S/C19H25N3/c1-18(2,3)12-7-8-13-14(9-12)22-15-10-17(19(4,5)6)20-11-16(15)21-13/h7-11,21-22H,1-6H3. The van der Waals surface area contributed by atoms with Crippen molar-refractivity contribution in [2.24, 2.45) is 0 Å². The molecule has 2 N–H and O–H groups in total. The smallest absolute Gasteiger partial charge is 0.0810 e. The predicted octanol–water partition coefficient (Wildman–Crippen LogP) is 5.48. The molecule has 1 aromatic heterocycles. The molecule has 3 rings (SSSR count). The summed E-state index contributed by atoms with van der Waals surface area (Å²) in [5, 5.41) is 7.04. The Morgan fingerprint density at radius 3 is 2.00 bits per heavy atom. The molecule has 0 amide bonds. The Labute approximate surface area is 133 Å². The first-order chi connectivity index (χ1) is 10.1. The van der Waals surface area contributed by atoms with E-state index in [1.807, 2.05) is 6.20 Å². The Bertz CT molecular complexity index is 657. The van der Waals surface area contributed by atoms with Gasteiger partial charge in [-0.2, -0.15) is 0 Å². The average Bonchev–Trinajstić information content (AvgIpc) is 2.41. The van der Waals surface area contributed by atoms with Crippen molar-refractivity contribution in [3.63, 3.8) is 0 Å². The summed E-state index contributed by atoms with van der Waals surface area (Å²) in [6.07, 6.45) is 1.92. The van der Waals surface area contributed by atoms with Gasteiger partial charge in [-0.3, -0.25) is 4.98 Å². The van der Waals surface area contributed by atoms with E-state index in [-0.39, 0.29) is 10.8 Å². The number of aromatic nitrogens is 1. The molecule has 1 aliphatic heterocycles. The van der Waals surface area contributed by atoms with Crippen molar-refractivity contribution < 1.29 is 0 Å². The number of hydrogen-bond donors (Lipinski definition) is 2. The van der Waals surface area contributed by atoms with Crippen LogP contribution in [0.25, 0.3) is 0 Å². The van der Waals surface area contributed by atoms with Gasteiger partial charge in [0, 0.05) is 11.1 Å². The lowest BCUT2D eigenvalue weighted by Gasteiger charge is -2.28. The second-order valence-corrected chi connectivity index (χ2v) is 8.13. The average molecular weight is 295 g/mol. The molecule has 22 heavy (non-hydrogen) atoms. The summed E-state index contributed by atoms with van der Waals surface area (Å²) in [5.41, 5.74) is 6.97. The number of fused-ring (bicyclic) bond motifs is 2. The van der Waals surface area contributed by atoms with Crippen LogP contribution in [-0.2, 0) is 10.8 Å². The fraction of sp³-hybridized carbons (Fsp3) is 0.421. The van der Waals surface area contributed by atoms with Gasteiger partial charge in [0.05, 0.1) is 28.9 Å². The quantitative estimate of drug-likeness (QED) is 0.577. The Morgan fingerprint density at radius 2 is 1.36 bits per heavy atom. The molecule has 2 aromatic rings. The molecule has 0 saturated carbocycles. The van der Waals surface area contributed by atoms with E-state index in [9.17, 15) is 0 Å². The van der Waals surface area contributed by atoms with Crippen LogP contribution in [0.2, 0.25) is 0 Å². The molecule has 2 heterocycles. The van der Waals surface area contributed by atoms with Crippen LogP contribution in [0.3, 0.4) is 0 Å². The highest BCUT2D eigenvalue weighted by molar-refractivity contribution is 5.90. The van der Waals surface area contributed by atoms with Crippen LogP contribution in [0.4, 0.5) is 22.7 Å². The molecule has 3 heteroatoms. The summed E-state index contributed by atoms with van der Waals surface area (Å²) in [4.78, 5) is 4.59. The number of pyridine rings is 1. The highest BCUT2D eigenvalue weighted by Gasteiger charge is 2.22. The van der Waals surface area contributed by atoms with Crippen LogP contribution >= 0.6 is 0 Å². The maximum absolute atomic E-state index is 4.59. The van der Waals surface area contributed by atoms with Gasteiger partial charge in [-0.25, -0.2) is 0 Å². The van der Waals surface area contributed by atoms with E-state index in [1.54, 1.807) is 0 Å². The van der Waals surface area contributed by atoms with Crippen molar-refractivity contribution >= 4 is 22.7 Å². The second kappa shape index (κ2) is 4.73. The van der Waals surface area contributed by atoms with Gasteiger partial charge in [0.1, 0.15) is 0 Å². The van der Waals surface area contributed by atoms with E-state index in [4.69, 9.17) is 0 Å². The summed E-state index contributed by atoms with van der Waals surface area (Å²) < 4.78 is 0. The minimum atomic E-state index is 0.0459. The summed E-state index contributed by atoms with van der Waals surface area (Å²) >= 11 is 0. The van der Waals surface area contributed by atoms with Gasteiger partial charge in [0.15, 0.2) is 0 Å². The summed E-state index contributed by atoms with van der Waals surface area (Å²) in [6.45, 7) is 13.3. The third kappa shape index (κ3) is 2.68. The number of nitrogens with zero attached hydrogens (tertiary/aromatic N) is 1. The third-order valence-corrected chi connectivity index (χ3v) is 4.10. The van der Waals surface area contributed by atoms with Crippen LogP contribution in [0, 0.1) is 0 Å². The first kappa shape index (κ1) is 14.9. The van der Waals surface area contributed by atoms with E-state index in [1.165, 1.54) is 5.56 Å². The largest absolute Gasteiger partial charge is 0.352 e. The molecule has 1 aromatic carbocycles. The van der Waals surface area contributed by atoms with E-state index in [0.717, 1.165) is 28.4 Å². The van der Waals surface area contributed by atoms with Crippen molar-refractivity contribution in [1.29, 1.82) is 0 Å². The molecule has 0 radical (unpaired) electrons. The van der Waals surface area contributed by atoms with Crippen molar-refractivity contribution in [3.05, 3.63) is 41.7 Å². The lowest BCUT2D eigenvalue weighted by atomic mass is 9.86. The van der Waals surface area contributed by atoms with E-state index < -0.39 is 0 Å². The minimum Gasteiger partial charge on any atom is -0.352 e. The normalized spacial score (nSPS) is 13.7. The first-order valence-corrected chi connectivity index (χ1v) is 7.84. The molecule has 1 aliphatic rings. The number of hydrogen-bond acceptors (Lipinski definition) is 3. The monoisotopic (exact) mass is 295 g/mol. The van der Waals surface area contributed by atoms with Gasteiger partial charge >= 0.3 is 0 Å². The third-order valence-electron chi connectivity index (χ3n) is 4.10. The van der Waals surface area contributed by atoms with Gasteiger partial charge in [-0.1, -0.05) is 47.6 Å².